The van der Waals surface area contributed by atoms with Gasteiger partial charge in [0.25, 0.3) is 0 Å². The van der Waals surface area contributed by atoms with Gasteiger partial charge in [-0.15, -0.1) is 11.3 Å². The van der Waals surface area contributed by atoms with Crippen molar-refractivity contribution >= 4 is 23.2 Å². The van der Waals surface area contributed by atoms with Crippen LogP contribution >= 0.6 is 11.3 Å². The lowest BCUT2D eigenvalue weighted by atomic mass is 9.80. The number of carbonyl (C=O) groups is 2. The lowest BCUT2D eigenvalue weighted by Crippen LogP contribution is -2.43. The van der Waals surface area contributed by atoms with E-state index in [1.54, 1.807) is 7.11 Å². The Kier molecular flexibility index (Phi) is 8.84. The minimum Gasteiger partial charge on any atom is -0.496 e. The summed E-state index contributed by atoms with van der Waals surface area (Å²) >= 11 is 1.35. The molecule has 5 rings (SSSR count). The summed E-state index contributed by atoms with van der Waals surface area (Å²) in [4.78, 5) is 32.0. The van der Waals surface area contributed by atoms with Gasteiger partial charge >= 0.3 is 5.97 Å². The molecule has 2 N–H and O–H groups in total. The van der Waals surface area contributed by atoms with Crippen LogP contribution in [0.5, 0.6) is 11.5 Å². The van der Waals surface area contributed by atoms with Crippen LogP contribution in [0.3, 0.4) is 0 Å². The van der Waals surface area contributed by atoms with Gasteiger partial charge in [-0.05, 0) is 80.6 Å². The summed E-state index contributed by atoms with van der Waals surface area (Å²) in [5.74, 6) is -2.34. The van der Waals surface area contributed by atoms with E-state index in [9.17, 15) is 23.5 Å². The van der Waals surface area contributed by atoms with Gasteiger partial charge in [0.05, 0.1) is 37.8 Å². The number of nitrogens with zero attached hydrogens (tertiary/aromatic N) is 2. The van der Waals surface area contributed by atoms with E-state index in [4.69, 9.17) is 9.47 Å². The topological polar surface area (TPSA) is 101 Å². The van der Waals surface area contributed by atoms with E-state index in [1.807, 2.05) is 23.6 Å². The highest BCUT2D eigenvalue weighted by atomic mass is 32.1. The molecular formula is C30H33F2N3O5S. The second-order valence-electron chi connectivity index (χ2n) is 10.7. The molecule has 2 heterocycles. The highest BCUT2D eigenvalue weighted by Gasteiger charge is 2.46. The van der Waals surface area contributed by atoms with Crippen molar-refractivity contribution in [2.45, 2.75) is 45.1 Å². The van der Waals surface area contributed by atoms with Crippen LogP contribution in [0.1, 0.15) is 41.8 Å². The van der Waals surface area contributed by atoms with Crippen LogP contribution in [0.4, 0.5) is 8.78 Å². The summed E-state index contributed by atoms with van der Waals surface area (Å²) in [6.45, 7) is 4.08. The molecule has 3 aromatic rings. The number of fused-ring (bicyclic) bond motifs is 1. The molecule has 8 nitrogen and oxygen atoms in total. The first-order valence-corrected chi connectivity index (χ1v) is 14.6. The molecular weight excluding hydrogens is 552 g/mol. The Morgan fingerprint density at radius 2 is 1.83 bits per heavy atom. The number of methoxy groups -OCH3 is 1. The largest absolute Gasteiger partial charge is 0.496 e. The number of carbonyl (C=O) groups excluding carboxylic acids is 1. The number of nitrogens with one attached hydrogen (secondary N) is 1. The summed E-state index contributed by atoms with van der Waals surface area (Å²) in [6, 6.07) is 7.71. The quantitative estimate of drug-likeness (QED) is 0.294. The zero-order chi connectivity index (χ0) is 29.0. The monoisotopic (exact) mass is 585 g/mol. The van der Waals surface area contributed by atoms with Gasteiger partial charge in [-0.2, -0.15) is 0 Å². The second-order valence-corrected chi connectivity index (χ2v) is 11.6. The number of likely N-dealkylation sites (tertiary alicyclic amines) is 1. The van der Waals surface area contributed by atoms with Crippen LogP contribution in [0, 0.1) is 17.0 Å². The molecule has 2 aromatic carbocycles. The zero-order valence-corrected chi connectivity index (χ0v) is 23.7. The third kappa shape index (κ3) is 6.68. The number of carboxylic acids is 1. The fourth-order valence-electron chi connectivity index (χ4n) is 5.72. The number of ether oxygens (including phenoxy) is 2. The normalized spacial score (nSPS) is 16.0. The average molecular weight is 586 g/mol. The molecule has 0 atom stereocenters. The highest BCUT2D eigenvalue weighted by Crippen LogP contribution is 2.41. The Morgan fingerprint density at radius 3 is 2.49 bits per heavy atom. The van der Waals surface area contributed by atoms with Gasteiger partial charge in [0.1, 0.15) is 16.5 Å². The minimum absolute atomic E-state index is 0.0185. The van der Waals surface area contributed by atoms with Gasteiger partial charge in [-0.25, -0.2) is 13.8 Å². The standard InChI is InChI=1S/C30H33F2N3O5S/c1-39-26-13-21(40-10-4-9-35-7-2-3-8-35)5-6-22(26)25-18-41-27(34-25)17-33-29(38)30(16-28(36)37)14-19-11-23(31)24(32)12-20(19)15-30/h5-6,11-13,18H,2-4,7-10,14-17H2,1H3,(H,33,38)(H,36,37). The predicted molar refractivity (Wildman–Crippen MR) is 150 cm³/mol. The number of halogens is 2. The molecule has 1 aromatic heterocycles. The van der Waals surface area contributed by atoms with Crippen molar-refractivity contribution in [2.24, 2.45) is 5.41 Å². The molecule has 1 saturated heterocycles. The minimum atomic E-state index is -1.33. The van der Waals surface area contributed by atoms with Crippen LogP contribution in [0.2, 0.25) is 0 Å². The number of rotatable bonds is 12. The van der Waals surface area contributed by atoms with Crippen molar-refractivity contribution in [3.05, 3.63) is 63.5 Å². The van der Waals surface area contributed by atoms with Gasteiger partial charge in [0.15, 0.2) is 11.6 Å². The van der Waals surface area contributed by atoms with E-state index in [1.165, 1.54) is 37.3 Å². The maximum atomic E-state index is 13.8. The van der Waals surface area contributed by atoms with Crippen molar-refractivity contribution in [3.8, 4) is 22.8 Å². The summed E-state index contributed by atoms with van der Waals surface area (Å²) in [5.41, 5.74) is 1.02. The Morgan fingerprint density at radius 1 is 1.12 bits per heavy atom. The summed E-state index contributed by atoms with van der Waals surface area (Å²) in [7, 11) is 1.59. The molecule has 218 valence electrons. The van der Waals surface area contributed by atoms with Crippen LogP contribution in [0.15, 0.2) is 35.7 Å². The van der Waals surface area contributed by atoms with Crippen LogP contribution in [-0.2, 0) is 29.0 Å². The van der Waals surface area contributed by atoms with E-state index in [0.29, 0.717) is 34.2 Å². The molecule has 0 saturated carbocycles. The van der Waals surface area contributed by atoms with Crippen molar-refractivity contribution in [1.29, 1.82) is 0 Å². The number of hydrogen-bond donors (Lipinski definition) is 2. The van der Waals surface area contributed by atoms with E-state index in [2.05, 4.69) is 15.2 Å². The number of aliphatic carboxylic acids is 1. The maximum absolute atomic E-state index is 13.8. The van der Waals surface area contributed by atoms with Gasteiger partial charge in [-0.3, -0.25) is 9.59 Å². The van der Waals surface area contributed by atoms with Crippen molar-refractivity contribution in [2.75, 3.05) is 33.4 Å². The number of amides is 1. The molecule has 0 radical (unpaired) electrons. The van der Waals surface area contributed by atoms with E-state index in [-0.39, 0.29) is 19.4 Å². The number of aromatic nitrogens is 1. The zero-order valence-electron chi connectivity index (χ0n) is 22.9. The molecule has 0 bridgehead atoms. The Balaban J connectivity index is 1.21. The fourth-order valence-corrected chi connectivity index (χ4v) is 6.46. The molecule has 2 aliphatic rings. The Hall–Kier alpha value is -3.57. The first-order chi connectivity index (χ1) is 19.8. The molecule has 1 aliphatic heterocycles. The first-order valence-electron chi connectivity index (χ1n) is 13.7. The highest BCUT2D eigenvalue weighted by molar-refractivity contribution is 7.09. The summed E-state index contributed by atoms with van der Waals surface area (Å²) in [5, 5.41) is 14.8. The van der Waals surface area contributed by atoms with Gasteiger partial charge in [0, 0.05) is 23.6 Å². The van der Waals surface area contributed by atoms with Crippen LogP contribution in [-0.4, -0.2) is 60.2 Å². The van der Waals surface area contributed by atoms with Gasteiger partial charge < -0.3 is 24.8 Å². The van der Waals surface area contributed by atoms with E-state index >= 15 is 0 Å². The summed E-state index contributed by atoms with van der Waals surface area (Å²) in [6.07, 6.45) is 3.09. The van der Waals surface area contributed by atoms with E-state index < -0.39 is 35.3 Å². The van der Waals surface area contributed by atoms with Crippen LogP contribution < -0.4 is 14.8 Å². The molecule has 1 amide bonds. The number of hydrogen-bond acceptors (Lipinski definition) is 7. The first kappa shape index (κ1) is 28.9. The van der Waals surface area contributed by atoms with E-state index in [0.717, 1.165) is 36.4 Å². The molecule has 0 unspecified atom stereocenters. The molecule has 11 heteroatoms. The molecule has 1 fully saturated rings. The predicted octanol–water partition coefficient (Wildman–Crippen LogP) is 4.84. The Bertz CT molecular complexity index is 1390. The number of thiazole rings is 1. The average Bonchev–Trinajstić information content (AvgIpc) is 3.70. The smallest absolute Gasteiger partial charge is 0.304 e. The van der Waals surface area contributed by atoms with Crippen LogP contribution in [0.25, 0.3) is 11.3 Å². The van der Waals surface area contributed by atoms with Crippen molar-refractivity contribution < 1.29 is 33.0 Å². The molecule has 0 spiro atoms. The lowest BCUT2D eigenvalue weighted by molar-refractivity contribution is -0.145. The molecule has 1 aliphatic carbocycles. The lowest BCUT2D eigenvalue weighted by Gasteiger charge is -2.25. The summed E-state index contributed by atoms with van der Waals surface area (Å²) < 4.78 is 39.1. The Labute approximate surface area is 241 Å². The second kappa shape index (κ2) is 12.5. The molecule has 41 heavy (non-hydrogen) atoms. The van der Waals surface area contributed by atoms with Gasteiger partial charge in [0.2, 0.25) is 5.91 Å². The van der Waals surface area contributed by atoms with Gasteiger partial charge in [-0.1, -0.05) is 0 Å². The third-order valence-corrected chi connectivity index (χ3v) is 8.61. The number of carboxylic acid groups (broad SMARTS) is 1. The third-order valence-electron chi connectivity index (χ3n) is 7.76. The number of benzene rings is 2. The fraction of sp³-hybridized carbons (Fsp3) is 0.433. The maximum Gasteiger partial charge on any atom is 0.304 e. The van der Waals surface area contributed by atoms with Crippen molar-refractivity contribution in [1.82, 2.24) is 15.2 Å². The SMILES string of the molecule is COc1cc(OCCCN2CCCC2)ccc1-c1csc(CNC(=O)C2(CC(=O)O)Cc3cc(F)c(F)cc3C2)n1. The van der Waals surface area contributed by atoms with Crippen molar-refractivity contribution in [3.63, 3.8) is 0 Å².